The number of pyridine rings is 1. The van der Waals surface area contributed by atoms with Gasteiger partial charge in [0.1, 0.15) is 0 Å². The van der Waals surface area contributed by atoms with Gasteiger partial charge in [-0.15, -0.1) is 0 Å². The molecule has 3 nitrogen and oxygen atoms in total. The fourth-order valence-corrected chi connectivity index (χ4v) is 1.19. The zero-order chi connectivity index (χ0) is 10.4. The van der Waals surface area contributed by atoms with Crippen molar-refractivity contribution in [3.63, 3.8) is 0 Å². The molecule has 0 fully saturated rings. The van der Waals surface area contributed by atoms with Gasteiger partial charge in [-0.05, 0) is 12.1 Å². The standard InChI is InChI=1S/C10H15NO2/c1-12-7-9(8-13-2)10-5-3-4-6-11-10/h3-6,9H,7-8H2,1-2H3/i6T. The smallest absolute Gasteiger partial charge is 0.0840 e. The molecule has 0 bridgehead atoms. The van der Waals surface area contributed by atoms with Crippen LogP contribution in [-0.4, -0.2) is 32.4 Å². The van der Waals surface area contributed by atoms with Crippen molar-refractivity contribution in [2.75, 3.05) is 27.4 Å². The van der Waals surface area contributed by atoms with Crippen LogP contribution in [0.15, 0.2) is 24.4 Å². The number of rotatable bonds is 5. The lowest BCUT2D eigenvalue weighted by Gasteiger charge is -2.13. The van der Waals surface area contributed by atoms with Gasteiger partial charge in [-0.1, -0.05) is 6.07 Å². The summed E-state index contributed by atoms with van der Waals surface area (Å²) < 4.78 is 17.5. The van der Waals surface area contributed by atoms with Crippen molar-refractivity contribution in [3.05, 3.63) is 30.1 Å². The van der Waals surface area contributed by atoms with E-state index in [0.717, 1.165) is 5.69 Å². The predicted octanol–water partition coefficient (Wildman–Crippen LogP) is 1.46. The Bertz CT molecular complexity index is 275. The van der Waals surface area contributed by atoms with Crippen LogP contribution < -0.4 is 0 Å². The Kier molecular flexibility index (Phi) is 3.78. The minimum absolute atomic E-state index is 0.107. The molecule has 0 aliphatic carbocycles. The molecule has 1 aromatic rings. The van der Waals surface area contributed by atoms with E-state index in [1.807, 2.05) is 12.1 Å². The molecule has 1 heterocycles. The number of hydrogen-bond acceptors (Lipinski definition) is 3. The lowest BCUT2D eigenvalue weighted by atomic mass is 10.1. The highest BCUT2D eigenvalue weighted by Gasteiger charge is 2.11. The summed E-state index contributed by atoms with van der Waals surface area (Å²) in [5.74, 6) is 0.107. The number of ether oxygens (including phenoxy) is 2. The second kappa shape index (κ2) is 5.67. The van der Waals surface area contributed by atoms with Gasteiger partial charge in [-0.2, -0.15) is 0 Å². The highest BCUT2D eigenvalue weighted by atomic mass is 16.5. The van der Waals surface area contributed by atoms with Crippen molar-refractivity contribution in [2.45, 2.75) is 5.92 Å². The molecule has 1 aromatic heterocycles. The monoisotopic (exact) mass is 183 g/mol. The molecule has 0 amide bonds. The molecular formula is C10H15NO2. The highest BCUT2D eigenvalue weighted by molar-refractivity contribution is 5.09. The first-order valence-corrected chi connectivity index (χ1v) is 4.19. The summed E-state index contributed by atoms with van der Waals surface area (Å²) in [5.41, 5.74) is 0.848. The molecule has 0 spiro atoms. The molecule has 0 aliphatic rings. The average Bonchev–Trinajstić information content (AvgIpc) is 2.17. The number of nitrogens with zero attached hydrogens (tertiary/aromatic N) is 1. The third-order valence-electron chi connectivity index (χ3n) is 1.79. The van der Waals surface area contributed by atoms with E-state index < -0.39 is 0 Å². The van der Waals surface area contributed by atoms with Crippen LogP contribution in [0.4, 0.5) is 0 Å². The zero-order valence-corrected chi connectivity index (χ0v) is 7.99. The van der Waals surface area contributed by atoms with Crippen molar-refractivity contribution in [1.82, 2.24) is 4.98 Å². The minimum Gasteiger partial charge on any atom is -0.384 e. The van der Waals surface area contributed by atoms with Crippen LogP contribution in [0.1, 0.15) is 13.0 Å². The summed E-state index contributed by atoms with van der Waals surface area (Å²) in [6, 6.07) is 5.36. The SMILES string of the molecule is [3H]c1cccc(C(COC)COC)n1. The van der Waals surface area contributed by atoms with Gasteiger partial charge >= 0.3 is 0 Å². The molecular weight excluding hydrogens is 166 g/mol. The van der Waals surface area contributed by atoms with Gasteiger partial charge < -0.3 is 9.47 Å². The summed E-state index contributed by atoms with van der Waals surface area (Å²) in [6.07, 6.45) is 0.278. The van der Waals surface area contributed by atoms with E-state index in [9.17, 15) is 0 Å². The van der Waals surface area contributed by atoms with Gasteiger partial charge in [0.15, 0.2) is 0 Å². The first-order chi connectivity index (χ1) is 6.77. The molecule has 0 unspecified atom stereocenters. The summed E-state index contributed by atoms with van der Waals surface area (Å²) in [6.45, 7) is 1.12. The maximum atomic E-state index is 7.40. The van der Waals surface area contributed by atoms with Gasteiger partial charge in [0, 0.05) is 32.0 Å². The lowest BCUT2D eigenvalue weighted by Crippen LogP contribution is -2.13. The van der Waals surface area contributed by atoms with Gasteiger partial charge in [0.2, 0.25) is 0 Å². The van der Waals surface area contributed by atoms with E-state index in [2.05, 4.69) is 4.98 Å². The number of methoxy groups -OCH3 is 2. The fourth-order valence-electron chi connectivity index (χ4n) is 1.19. The molecule has 0 radical (unpaired) electrons. The summed E-state index contributed by atoms with van der Waals surface area (Å²) in [5, 5.41) is 0. The van der Waals surface area contributed by atoms with E-state index in [1.165, 1.54) is 0 Å². The van der Waals surface area contributed by atoms with Crippen molar-refractivity contribution in [1.29, 1.82) is 0 Å². The van der Waals surface area contributed by atoms with Crippen LogP contribution in [0.25, 0.3) is 0 Å². The van der Waals surface area contributed by atoms with E-state index in [0.29, 0.717) is 13.2 Å². The topological polar surface area (TPSA) is 31.4 Å². The molecule has 13 heavy (non-hydrogen) atoms. The van der Waals surface area contributed by atoms with Gasteiger partial charge in [0.05, 0.1) is 14.6 Å². The maximum Gasteiger partial charge on any atom is 0.0840 e. The zero-order valence-electron chi connectivity index (χ0n) is 8.99. The van der Waals surface area contributed by atoms with Crippen LogP contribution in [0.5, 0.6) is 0 Å². The van der Waals surface area contributed by atoms with E-state index in [1.54, 1.807) is 20.3 Å². The first kappa shape index (κ1) is 8.66. The average molecular weight is 183 g/mol. The molecule has 72 valence electrons. The van der Waals surface area contributed by atoms with Gasteiger partial charge in [0.25, 0.3) is 0 Å². The van der Waals surface area contributed by atoms with Crippen LogP contribution in [0.3, 0.4) is 0 Å². The molecule has 3 heteroatoms. The molecule has 1 rings (SSSR count). The molecule has 0 aromatic carbocycles. The number of hydrogen-bond donors (Lipinski definition) is 0. The van der Waals surface area contributed by atoms with E-state index in [-0.39, 0.29) is 12.1 Å². The van der Waals surface area contributed by atoms with Crippen LogP contribution in [-0.2, 0) is 9.47 Å². The third-order valence-corrected chi connectivity index (χ3v) is 1.79. The van der Waals surface area contributed by atoms with E-state index >= 15 is 0 Å². The van der Waals surface area contributed by atoms with Gasteiger partial charge in [-0.25, -0.2) is 0 Å². The van der Waals surface area contributed by atoms with Crippen LogP contribution in [0, 0.1) is 0 Å². The predicted molar refractivity (Wildman–Crippen MR) is 50.7 cm³/mol. The van der Waals surface area contributed by atoms with Crippen LogP contribution in [0.2, 0.25) is 0 Å². The van der Waals surface area contributed by atoms with Crippen LogP contribution >= 0.6 is 0 Å². The van der Waals surface area contributed by atoms with Crippen molar-refractivity contribution >= 4 is 0 Å². The molecule has 0 atom stereocenters. The summed E-state index contributed by atoms with van der Waals surface area (Å²) in [7, 11) is 3.29. The summed E-state index contributed by atoms with van der Waals surface area (Å²) >= 11 is 0. The Morgan fingerprint density at radius 3 is 2.62 bits per heavy atom. The Morgan fingerprint density at radius 2 is 2.08 bits per heavy atom. The Balaban J connectivity index is 2.75. The fraction of sp³-hybridized carbons (Fsp3) is 0.500. The van der Waals surface area contributed by atoms with E-state index in [4.69, 9.17) is 10.8 Å². The lowest BCUT2D eigenvalue weighted by molar-refractivity contribution is 0.115. The van der Waals surface area contributed by atoms with Crippen molar-refractivity contribution in [3.8, 4) is 0 Å². The molecule has 0 aliphatic heterocycles. The molecule has 0 N–H and O–H groups in total. The van der Waals surface area contributed by atoms with Gasteiger partial charge in [-0.3, -0.25) is 4.98 Å². The normalized spacial score (nSPS) is 11.8. The Morgan fingerprint density at radius 1 is 1.38 bits per heavy atom. The highest BCUT2D eigenvalue weighted by Crippen LogP contribution is 2.12. The second-order valence-corrected chi connectivity index (χ2v) is 2.80. The molecule has 0 saturated carbocycles. The third kappa shape index (κ3) is 3.13. The quantitative estimate of drug-likeness (QED) is 0.692. The maximum absolute atomic E-state index is 7.40. The molecule has 0 saturated heterocycles. The van der Waals surface area contributed by atoms with Crippen molar-refractivity contribution < 1.29 is 10.8 Å². The van der Waals surface area contributed by atoms with Crippen molar-refractivity contribution in [2.24, 2.45) is 0 Å². The summed E-state index contributed by atoms with van der Waals surface area (Å²) in [4.78, 5) is 4.12. The Labute approximate surface area is 80.1 Å². The number of aromatic nitrogens is 1. The first-order valence-electron chi connectivity index (χ1n) is 4.69. The minimum atomic E-state index is 0.107. The Hall–Kier alpha value is -0.930. The second-order valence-electron chi connectivity index (χ2n) is 2.80. The largest absolute Gasteiger partial charge is 0.384 e.